The van der Waals surface area contributed by atoms with Gasteiger partial charge in [-0.25, -0.2) is 0 Å². The van der Waals surface area contributed by atoms with Gasteiger partial charge in [0.25, 0.3) is 5.56 Å². The Morgan fingerprint density at radius 2 is 1.79 bits per heavy atom. The molecule has 0 atom stereocenters. The summed E-state index contributed by atoms with van der Waals surface area (Å²) in [5.74, 6) is 0. The third-order valence-electron chi connectivity index (χ3n) is 3.28. The third-order valence-corrected chi connectivity index (χ3v) is 3.51. The zero-order chi connectivity index (χ0) is 13.4. The van der Waals surface area contributed by atoms with Crippen molar-refractivity contribution in [1.82, 2.24) is 4.98 Å². The number of pyridine rings is 1. The van der Waals surface area contributed by atoms with E-state index in [0.29, 0.717) is 10.6 Å². The molecule has 1 N–H and O–H groups in total. The van der Waals surface area contributed by atoms with E-state index in [1.165, 1.54) is 0 Å². The van der Waals surface area contributed by atoms with E-state index in [4.69, 9.17) is 11.6 Å². The van der Waals surface area contributed by atoms with Crippen LogP contribution in [0.15, 0.2) is 53.3 Å². The molecule has 0 spiro atoms. The van der Waals surface area contributed by atoms with Crippen molar-refractivity contribution in [3.63, 3.8) is 0 Å². The fraction of sp³-hybridized carbons (Fsp3) is 0.0625. The Morgan fingerprint density at radius 1 is 1.05 bits per heavy atom. The summed E-state index contributed by atoms with van der Waals surface area (Å²) in [4.78, 5) is 14.9. The van der Waals surface area contributed by atoms with Crippen LogP contribution in [0.5, 0.6) is 0 Å². The van der Waals surface area contributed by atoms with E-state index >= 15 is 0 Å². The monoisotopic (exact) mass is 269 g/mol. The maximum absolute atomic E-state index is 12.0. The molecule has 0 unspecified atom stereocenters. The molecule has 1 aromatic heterocycles. The number of rotatable bonds is 1. The van der Waals surface area contributed by atoms with Crippen molar-refractivity contribution < 1.29 is 0 Å². The largest absolute Gasteiger partial charge is 0.322 e. The molecule has 0 saturated carbocycles. The number of hydrogen-bond acceptors (Lipinski definition) is 1. The van der Waals surface area contributed by atoms with E-state index < -0.39 is 0 Å². The number of H-pyrrole nitrogens is 1. The smallest absolute Gasteiger partial charge is 0.251 e. The van der Waals surface area contributed by atoms with Crippen molar-refractivity contribution >= 4 is 22.5 Å². The number of halogens is 1. The second kappa shape index (κ2) is 4.56. The topological polar surface area (TPSA) is 32.9 Å². The fourth-order valence-electron chi connectivity index (χ4n) is 2.34. The maximum Gasteiger partial charge on any atom is 0.251 e. The van der Waals surface area contributed by atoms with Crippen molar-refractivity contribution in [1.29, 1.82) is 0 Å². The highest BCUT2D eigenvalue weighted by Gasteiger charge is 2.11. The second-order valence-electron chi connectivity index (χ2n) is 4.51. The molecule has 0 bridgehead atoms. The number of fused-ring (bicyclic) bond motifs is 1. The zero-order valence-electron chi connectivity index (χ0n) is 10.4. The van der Waals surface area contributed by atoms with Gasteiger partial charge in [0.15, 0.2) is 0 Å². The van der Waals surface area contributed by atoms with Gasteiger partial charge in [0, 0.05) is 21.5 Å². The Kier molecular flexibility index (Phi) is 2.88. The summed E-state index contributed by atoms with van der Waals surface area (Å²) in [5, 5.41) is 1.63. The molecule has 2 nitrogen and oxygen atoms in total. The molecule has 0 saturated heterocycles. The van der Waals surface area contributed by atoms with Crippen molar-refractivity contribution in [2.24, 2.45) is 0 Å². The van der Waals surface area contributed by atoms with Gasteiger partial charge in [0.05, 0.1) is 0 Å². The van der Waals surface area contributed by atoms with Crippen LogP contribution in [-0.2, 0) is 0 Å². The van der Waals surface area contributed by atoms with Gasteiger partial charge in [-0.1, -0.05) is 41.9 Å². The van der Waals surface area contributed by atoms with Gasteiger partial charge in [-0.05, 0) is 36.2 Å². The zero-order valence-corrected chi connectivity index (χ0v) is 11.2. The summed E-state index contributed by atoms with van der Waals surface area (Å²) in [5.41, 5.74) is 3.42. The standard InChI is InChI=1S/C16H12ClNO/c1-10-15(11-5-3-2-4-6-11)13-9-12(17)7-8-14(13)18-16(10)19/h2-9H,1H3,(H,18,19). The Morgan fingerprint density at radius 3 is 2.53 bits per heavy atom. The van der Waals surface area contributed by atoms with Gasteiger partial charge < -0.3 is 4.98 Å². The minimum Gasteiger partial charge on any atom is -0.322 e. The molecule has 0 aliphatic rings. The number of hydrogen-bond donors (Lipinski definition) is 1. The summed E-state index contributed by atoms with van der Waals surface area (Å²) in [7, 11) is 0. The molecule has 0 radical (unpaired) electrons. The maximum atomic E-state index is 12.0. The molecule has 2 aromatic carbocycles. The summed E-state index contributed by atoms with van der Waals surface area (Å²) in [6.07, 6.45) is 0. The minimum absolute atomic E-state index is 0.0614. The predicted molar refractivity (Wildman–Crippen MR) is 79.8 cm³/mol. The van der Waals surface area contributed by atoms with Crippen molar-refractivity contribution in [3.8, 4) is 11.1 Å². The minimum atomic E-state index is -0.0614. The van der Waals surface area contributed by atoms with E-state index in [1.54, 1.807) is 6.07 Å². The molecule has 0 fully saturated rings. The molecular weight excluding hydrogens is 258 g/mol. The van der Waals surface area contributed by atoms with Gasteiger partial charge in [-0.2, -0.15) is 0 Å². The summed E-state index contributed by atoms with van der Waals surface area (Å²) < 4.78 is 0. The Bertz CT molecular complexity index is 806. The van der Waals surface area contributed by atoms with Crippen molar-refractivity contribution in [2.45, 2.75) is 6.92 Å². The molecule has 19 heavy (non-hydrogen) atoms. The van der Waals surface area contributed by atoms with Crippen LogP contribution in [0.25, 0.3) is 22.0 Å². The highest BCUT2D eigenvalue weighted by molar-refractivity contribution is 6.31. The lowest BCUT2D eigenvalue weighted by Crippen LogP contribution is -2.11. The molecule has 1 heterocycles. The van der Waals surface area contributed by atoms with Crippen LogP contribution in [0.4, 0.5) is 0 Å². The van der Waals surface area contributed by atoms with Gasteiger partial charge in [-0.15, -0.1) is 0 Å². The predicted octanol–water partition coefficient (Wildman–Crippen LogP) is 4.16. The number of aromatic amines is 1. The van der Waals surface area contributed by atoms with Crippen LogP contribution < -0.4 is 5.56 Å². The van der Waals surface area contributed by atoms with Gasteiger partial charge in [0.2, 0.25) is 0 Å². The van der Waals surface area contributed by atoms with Crippen LogP contribution >= 0.6 is 11.6 Å². The molecule has 0 amide bonds. The highest BCUT2D eigenvalue weighted by Crippen LogP contribution is 2.30. The molecule has 0 aliphatic heterocycles. The average Bonchev–Trinajstić information content (AvgIpc) is 2.42. The van der Waals surface area contributed by atoms with Crippen molar-refractivity contribution in [2.75, 3.05) is 0 Å². The van der Waals surface area contributed by atoms with Gasteiger partial charge in [0.1, 0.15) is 0 Å². The molecule has 3 rings (SSSR count). The molecule has 0 aliphatic carbocycles. The Balaban J connectivity index is 2.48. The molecule has 3 aromatic rings. The lowest BCUT2D eigenvalue weighted by Gasteiger charge is -2.10. The lowest BCUT2D eigenvalue weighted by molar-refractivity contribution is 1.24. The normalized spacial score (nSPS) is 10.8. The third kappa shape index (κ3) is 2.04. The van der Waals surface area contributed by atoms with E-state index in [1.807, 2.05) is 49.4 Å². The molecular formula is C16H12ClNO. The quantitative estimate of drug-likeness (QED) is 0.707. The number of nitrogens with one attached hydrogen (secondary N) is 1. The lowest BCUT2D eigenvalue weighted by atomic mass is 9.97. The Labute approximate surface area is 115 Å². The van der Waals surface area contributed by atoms with E-state index in [-0.39, 0.29) is 5.56 Å². The summed E-state index contributed by atoms with van der Waals surface area (Å²) in [6, 6.07) is 15.4. The summed E-state index contributed by atoms with van der Waals surface area (Å²) in [6.45, 7) is 1.83. The van der Waals surface area contributed by atoms with E-state index in [2.05, 4.69) is 4.98 Å². The first-order chi connectivity index (χ1) is 9.16. The van der Waals surface area contributed by atoms with E-state index in [9.17, 15) is 4.79 Å². The van der Waals surface area contributed by atoms with Crippen LogP contribution in [0.3, 0.4) is 0 Å². The van der Waals surface area contributed by atoms with E-state index in [0.717, 1.165) is 22.0 Å². The van der Waals surface area contributed by atoms with Crippen LogP contribution in [0.1, 0.15) is 5.56 Å². The van der Waals surface area contributed by atoms with Gasteiger partial charge in [-0.3, -0.25) is 4.79 Å². The number of benzene rings is 2. The van der Waals surface area contributed by atoms with Crippen LogP contribution in [0, 0.1) is 6.92 Å². The van der Waals surface area contributed by atoms with Crippen molar-refractivity contribution in [3.05, 3.63) is 69.5 Å². The summed E-state index contributed by atoms with van der Waals surface area (Å²) >= 11 is 6.08. The molecule has 3 heteroatoms. The highest BCUT2D eigenvalue weighted by atomic mass is 35.5. The first-order valence-corrected chi connectivity index (χ1v) is 6.42. The van der Waals surface area contributed by atoms with Crippen LogP contribution in [0.2, 0.25) is 5.02 Å². The fourth-order valence-corrected chi connectivity index (χ4v) is 2.51. The van der Waals surface area contributed by atoms with Gasteiger partial charge >= 0.3 is 0 Å². The Hall–Kier alpha value is -2.06. The average molecular weight is 270 g/mol. The number of aromatic nitrogens is 1. The first kappa shape index (κ1) is 12.0. The SMILES string of the molecule is Cc1c(-c2ccccc2)c2cc(Cl)ccc2[nH]c1=O. The second-order valence-corrected chi connectivity index (χ2v) is 4.95. The van der Waals surface area contributed by atoms with Crippen LogP contribution in [-0.4, -0.2) is 4.98 Å². The first-order valence-electron chi connectivity index (χ1n) is 6.04. The molecule has 94 valence electrons.